The van der Waals surface area contributed by atoms with E-state index in [-0.39, 0.29) is 11.6 Å². The number of anilines is 1. The van der Waals surface area contributed by atoms with E-state index in [0.717, 1.165) is 0 Å². The summed E-state index contributed by atoms with van der Waals surface area (Å²) in [5.74, 6) is 0.105. The van der Waals surface area contributed by atoms with Gasteiger partial charge >= 0.3 is 0 Å². The lowest BCUT2D eigenvalue weighted by molar-refractivity contribution is 0.298. The number of benzene rings is 2. The van der Waals surface area contributed by atoms with Crippen LogP contribution in [-0.2, 0) is 6.61 Å². The van der Waals surface area contributed by atoms with E-state index >= 15 is 0 Å². The lowest BCUT2D eigenvalue weighted by Crippen LogP contribution is -2.00. The second kappa shape index (κ2) is 5.59. The highest BCUT2D eigenvalue weighted by Gasteiger charge is 2.09. The van der Waals surface area contributed by atoms with E-state index < -0.39 is 5.82 Å². The highest BCUT2D eigenvalue weighted by Crippen LogP contribution is 2.31. The summed E-state index contributed by atoms with van der Waals surface area (Å²) in [6.07, 6.45) is 0. The summed E-state index contributed by atoms with van der Waals surface area (Å²) in [6, 6.07) is 10.1. The maximum Gasteiger partial charge on any atom is 0.148 e. The Morgan fingerprint density at radius 2 is 1.94 bits per heavy atom. The van der Waals surface area contributed by atoms with Crippen molar-refractivity contribution in [1.29, 1.82) is 0 Å². The number of nitrogens with two attached hydrogens (primary N) is 1. The first-order valence-corrected chi connectivity index (χ1v) is 6.36. The molecule has 5 heteroatoms. The van der Waals surface area contributed by atoms with Gasteiger partial charge in [-0.3, -0.25) is 0 Å². The molecule has 2 nitrogen and oxygen atoms in total. The molecule has 0 spiro atoms. The van der Waals surface area contributed by atoms with Gasteiger partial charge in [0.05, 0.1) is 9.50 Å². The first-order valence-electron chi connectivity index (χ1n) is 5.19. The second-order valence-corrected chi connectivity index (χ2v) is 4.86. The van der Waals surface area contributed by atoms with Crippen LogP contribution in [0, 0.1) is 5.82 Å². The third-order valence-corrected chi connectivity index (χ3v) is 3.55. The van der Waals surface area contributed by atoms with Gasteiger partial charge in [-0.1, -0.05) is 29.8 Å². The van der Waals surface area contributed by atoms with Crippen LogP contribution in [0.1, 0.15) is 5.56 Å². The molecule has 0 atom stereocenters. The Morgan fingerprint density at radius 1 is 1.22 bits per heavy atom. The monoisotopic (exact) mass is 329 g/mol. The molecule has 2 rings (SSSR count). The van der Waals surface area contributed by atoms with Crippen LogP contribution in [0.25, 0.3) is 0 Å². The minimum Gasteiger partial charge on any atom is -0.488 e. The van der Waals surface area contributed by atoms with Gasteiger partial charge in [0.2, 0.25) is 0 Å². The molecule has 0 heterocycles. The molecule has 94 valence electrons. The molecule has 0 aromatic heterocycles. The molecule has 0 fully saturated rings. The van der Waals surface area contributed by atoms with Gasteiger partial charge in [-0.2, -0.15) is 0 Å². The van der Waals surface area contributed by atoms with Crippen molar-refractivity contribution in [2.45, 2.75) is 6.61 Å². The maximum atomic E-state index is 13.6. The van der Waals surface area contributed by atoms with Gasteiger partial charge in [0.25, 0.3) is 0 Å². The number of ether oxygens (including phenoxy) is 1. The molecule has 2 aromatic rings. The predicted molar refractivity (Wildman–Crippen MR) is 74.3 cm³/mol. The normalized spacial score (nSPS) is 10.4. The summed E-state index contributed by atoms with van der Waals surface area (Å²) < 4.78 is 19.8. The highest BCUT2D eigenvalue weighted by molar-refractivity contribution is 9.10. The Labute approximate surface area is 118 Å². The zero-order valence-corrected chi connectivity index (χ0v) is 11.6. The van der Waals surface area contributed by atoms with Gasteiger partial charge in [0, 0.05) is 11.3 Å². The summed E-state index contributed by atoms with van der Waals surface area (Å²) in [5, 5.41) is 0.0859. The smallest absolute Gasteiger partial charge is 0.148 e. The van der Waals surface area contributed by atoms with Gasteiger partial charge < -0.3 is 10.5 Å². The molecule has 0 unspecified atom stereocenters. The molecule has 0 saturated carbocycles. The van der Waals surface area contributed by atoms with Gasteiger partial charge in [-0.15, -0.1) is 0 Å². The van der Waals surface area contributed by atoms with Crippen LogP contribution in [0.15, 0.2) is 40.9 Å². The minimum atomic E-state index is -0.459. The van der Waals surface area contributed by atoms with Crippen molar-refractivity contribution in [3.8, 4) is 5.75 Å². The van der Waals surface area contributed by atoms with Crippen LogP contribution >= 0.6 is 27.5 Å². The Bertz CT molecular complexity index is 525. The maximum absolute atomic E-state index is 13.6. The highest BCUT2D eigenvalue weighted by atomic mass is 79.9. The van der Waals surface area contributed by atoms with Gasteiger partial charge in [0.15, 0.2) is 0 Å². The number of hydrogen-bond acceptors (Lipinski definition) is 2. The van der Waals surface area contributed by atoms with Crippen molar-refractivity contribution in [2.75, 3.05) is 5.73 Å². The van der Waals surface area contributed by atoms with E-state index in [1.807, 2.05) is 0 Å². The SMILES string of the molecule is Nc1cccc(OCc2cccc(Cl)c2F)c1Br. The van der Waals surface area contributed by atoms with E-state index in [9.17, 15) is 4.39 Å². The second-order valence-electron chi connectivity index (χ2n) is 3.66. The number of nitrogen functional groups attached to an aromatic ring is 1. The third-order valence-electron chi connectivity index (χ3n) is 2.41. The summed E-state index contributed by atoms with van der Waals surface area (Å²) in [4.78, 5) is 0. The molecule has 0 aliphatic heterocycles. The van der Waals surface area contributed by atoms with Crippen molar-refractivity contribution in [3.05, 3.63) is 57.3 Å². The van der Waals surface area contributed by atoms with E-state index in [0.29, 0.717) is 21.5 Å². The average molecular weight is 331 g/mol. The van der Waals surface area contributed by atoms with Crippen LogP contribution in [-0.4, -0.2) is 0 Å². The Morgan fingerprint density at radius 3 is 2.72 bits per heavy atom. The summed E-state index contributed by atoms with van der Waals surface area (Å²) >= 11 is 9.01. The van der Waals surface area contributed by atoms with E-state index in [1.54, 1.807) is 30.3 Å². The molecule has 2 aromatic carbocycles. The first kappa shape index (κ1) is 13.2. The number of rotatable bonds is 3. The zero-order chi connectivity index (χ0) is 13.1. The largest absolute Gasteiger partial charge is 0.488 e. The van der Waals surface area contributed by atoms with Crippen molar-refractivity contribution in [1.82, 2.24) is 0 Å². The van der Waals surface area contributed by atoms with Crippen molar-refractivity contribution < 1.29 is 9.13 Å². The molecular weight excluding hydrogens is 321 g/mol. The summed E-state index contributed by atoms with van der Waals surface area (Å²) in [5.41, 5.74) is 6.69. The molecule has 0 radical (unpaired) electrons. The van der Waals surface area contributed by atoms with Crippen LogP contribution in [0.5, 0.6) is 5.75 Å². The van der Waals surface area contributed by atoms with E-state index in [4.69, 9.17) is 22.1 Å². The molecule has 18 heavy (non-hydrogen) atoms. The van der Waals surface area contributed by atoms with Crippen molar-refractivity contribution in [3.63, 3.8) is 0 Å². The molecule has 0 aliphatic carbocycles. The first-order chi connectivity index (χ1) is 8.59. The number of hydrogen-bond donors (Lipinski definition) is 1. The standard InChI is InChI=1S/C13H10BrClFNO/c14-12-10(17)5-2-6-11(12)18-7-8-3-1-4-9(15)13(8)16/h1-6H,7,17H2. The molecule has 2 N–H and O–H groups in total. The fourth-order valence-electron chi connectivity index (χ4n) is 1.45. The minimum absolute atomic E-state index is 0.0859. The molecular formula is C13H10BrClFNO. The zero-order valence-electron chi connectivity index (χ0n) is 9.29. The number of halogens is 3. The fourth-order valence-corrected chi connectivity index (χ4v) is 2.03. The van der Waals surface area contributed by atoms with Crippen LogP contribution in [0.3, 0.4) is 0 Å². The topological polar surface area (TPSA) is 35.2 Å². The lowest BCUT2D eigenvalue weighted by Gasteiger charge is -2.10. The Kier molecular flexibility index (Phi) is 4.09. The van der Waals surface area contributed by atoms with Crippen LogP contribution in [0.2, 0.25) is 5.02 Å². The van der Waals surface area contributed by atoms with Crippen LogP contribution in [0.4, 0.5) is 10.1 Å². The van der Waals surface area contributed by atoms with E-state index in [1.165, 1.54) is 6.07 Å². The quantitative estimate of drug-likeness (QED) is 0.846. The van der Waals surface area contributed by atoms with Gasteiger partial charge in [-0.25, -0.2) is 4.39 Å². The van der Waals surface area contributed by atoms with E-state index in [2.05, 4.69) is 15.9 Å². The summed E-state index contributed by atoms with van der Waals surface area (Å²) in [7, 11) is 0. The Balaban J connectivity index is 2.17. The molecule has 0 bridgehead atoms. The molecule has 0 saturated heterocycles. The molecule has 0 aliphatic rings. The molecule has 0 amide bonds. The summed E-state index contributed by atoms with van der Waals surface area (Å²) in [6.45, 7) is 0.0917. The van der Waals surface area contributed by atoms with Gasteiger partial charge in [-0.05, 0) is 34.1 Å². The van der Waals surface area contributed by atoms with Crippen molar-refractivity contribution in [2.24, 2.45) is 0 Å². The average Bonchev–Trinajstić information content (AvgIpc) is 2.36. The Hall–Kier alpha value is -1.26. The fraction of sp³-hybridized carbons (Fsp3) is 0.0769. The third kappa shape index (κ3) is 2.76. The van der Waals surface area contributed by atoms with Crippen molar-refractivity contribution >= 4 is 33.2 Å². The van der Waals surface area contributed by atoms with Crippen LogP contribution < -0.4 is 10.5 Å². The van der Waals surface area contributed by atoms with Gasteiger partial charge in [0.1, 0.15) is 18.2 Å². The lowest BCUT2D eigenvalue weighted by atomic mass is 10.2. The predicted octanol–water partition coefficient (Wildman–Crippen LogP) is 4.40.